The number of carboxylic acids is 1. The Hall–Kier alpha value is -0.610. The molecule has 0 amide bonds. The highest BCUT2D eigenvalue weighted by molar-refractivity contribution is 5.66. The maximum Gasteiger partial charge on any atom is 0.303 e. The number of rotatable bonds is 5. The fourth-order valence-corrected chi connectivity index (χ4v) is 3.01. The van der Waals surface area contributed by atoms with Crippen LogP contribution in [0.15, 0.2) is 0 Å². The monoisotopic (exact) mass is 242 g/mol. The van der Waals surface area contributed by atoms with E-state index in [0.29, 0.717) is 12.5 Å². The van der Waals surface area contributed by atoms with Gasteiger partial charge >= 0.3 is 5.97 Å². The Kier molecular flexibility index (Phi) is 4.55. The number of hydrogen-bond donors (Lipinski definition) is 3. The molecule has 0 saturated carbocycles. The van der Waals surface area contributed by atoms with Crippen LogP contribution < -0.4 is 10.6 Å². The van der Waals surface area contributed by atoms with Crippen molar-refractivity contribution in [1.29, 1.82) is 0 Å². The van der Waals surface area contributed by atoms with Gasteiger partial charge in [-0.1, -0.05) is 0 Å². The first-order chi connectivity index (χ1) is 7.70. The van der Waals surface area contributed by atoms with Gasteiger partial charge in [-0.05, 0) is 53.5 Å². The highest BCUT2D eigenvalue weighted by Crippen LogP contribution is 2.28. The number of hydrogen-bond acceptors (Lipinski definition) is 3. The highest BCUT2D eigenvalue weighted by atomic mass is 16.4. The lowest BCUT2D eigenvalue weighted by atomic mass is 9.79. The van der Waals surface area contributed by atoms with Crippen molar-refractivity contribution in [2.45, 2.75) is 70.5 Å². The Morgan fingerprint density at radius 2 is 1.82 bits per heavy atom. The van der Waals surface area contributed by atoms with Gasteiger partial charge < -0.3 is 15.7 Å². The van der Waals surface area contributed by atoms with Crippen LogP contribution in [0.5, 0.6) is 0 Å². The summed E-state index contributed by atoms with van der Waals surface area (Å²) in [4.78, 5) is 10.4. The third-order valence-electron chi connectivity index (χ3n) is 3.19. The Bertz CT molecular complexity index is 259. The van der Waals surface area contributed by atoms with E-state index in [1.165, 1.54) is 0 Å². The lowest BCUT2D eigenvalue weighted by molar-refractivity contribution is -0.137. The normalized spacial score (nSPS) is 23.5. The van der Waals surface area contributed by atoms with E-state index in [0.717, 1.165) is 19.4 Å². The Balaban J connectivity index is 2.35. The van der Waals surface area contributed by atoms with Crippen LogP contribution in [0.4, 0.5) is 0 Å². The second kappa shape index (κ2) is 5.36. The average Bonchev–Trinajstić information content (AvgIpc) is 2.06. The van der Waals surface area contributed by atoms with Crippen molar-refractivity contribution in [2.24, 2.45) is 0 Å². The molecular weight excluding hydrogens is 216 g/mol. The topological polar surface area (TPSA) is 61.4 Å². The number of aliphatic carboxylic acids is 1. The molecule has 0 aromatic carbocycles. The highest BCUT2D eigenvalue weighted by Gasteiger charge is 2.37. The van der Waals surface area contributed by atoms with E-state index in [4.69, 9.17) is 5.11 Å². The van der Waals surface area contributed by atoms with E-state index >= 15 is 0 Å². The summed E-state index contributed by atoms with van der Waals surface area (Å²) < 4.78 is 0. The lowest BCUT2D eigenvalue weighted by Crippen LogP contribution is -2.61. The molecule has 0 radical (unpaired) electrons. The SMILES string of the molecule is CC1(C)CC(NCCCC(=O)O)CC(C)(C)N1. The van der Waals surface area contributed by atoms with Crippen LogP contribution in [-0.4, -0.2) is 34.7 Å². The molecule has 0 atom stereocenters. The van der Waals surface area contributed by atoms with Gasteiger partial charge in [0.15, 0.2) is 0 Å². The third kappa shape index (κ3) is 5.50. The van der Waals surface area contributed by atoms with Crippen molar-refractivity contribution in [3.8, 4) is 0 Å². The molecule has 1 rings (SSSR count). The second-order valence-corrected chi connectivity index (χ2v) is 6.45. The molecular formula is C13H26N2O2. The first-order valence-corrected chi connectivity index (χ1v) is 6.45. The summed E-state index contributed by atoms with van der Waals surface area (Å²) in [6, 6.07) is 0.482. The van der Waals surface area contributed by atoms with Crippen molar-refractivity contribution in [2.75, 3.05) is 6.54 Å². The molecule has 1 saturated heterocycles. The molecule has 0 aromatic rings. The maximum atomic E-state index is 10.4. The van der Waals surface area contributed by atoms with E-state index in [-0.39, 0.29) is 17.5 Å². The maximum absolute atomic E-state index is 10.4. The van der Waals surface area contributed by atoms with Crippen LogP contribution in [0.25, 0.3) is 0 Å². The zero-order valence-corrected chi connectivity index (χ0v) is 11.5. The smallest absolute Gasteiger partial charge is 0.303 e. The molecule has 1 aliphatic rings. The molecule has 0 aliphatic carbocycles. The molecule has 0 aromatic heterocycles. The van der Waals surface area contributed by atoms with Crippen molar-refractivity contribution in [1.82, 2.24) is 10.6 Å². The minimum atomic E-state index is -0.710. The molecule has 3 N–H and O–H groups in total. The molecule has 0 spiro atoms. The van der Waals surface area contributed by atoms with Crippen molar-refractivity contribution in [3.63, 3.8) is 0 Å². The zero-order chi connectivity index (χ0) is 13.1. The van der Waals surface area contributed by atoms with Gasteiger partial charge in [-0.2, -0.15) is 0 Å². The molecule has 4 nitrogen and oxygen atoms in total. The minimum absolute atomic E-state index is 0.145. The molecule has 100 valence electrons. The predicted octanol–water partition coefficient (Wildman–Crippen LogP) is 1.75. The van der Waals surface area contributed by atoms with Crippen LogP contribution in [0.2, 0.25) is 0 Å². The van der Waals surface area contributed by atoms with Crippen LogP contribution in [0.1, 0.15) is 53.4 Å². The van der Waals surface area contributed by atoms with Crippen molar-refractivity contribution < 1.29 is 9.90 Å². The number of carbonyl (C=O) groups is 1. The third-order valence-corrected chi connectivity index (χ3v) is 3.19. The molecule has 0 unspecified atom stereocenters. The molecule has 1 fully saturated rings. The predicted molar refractivity (Wildman–Crippen MR) is 69.2 cm³/mol. The fraction of sp³-hybridized carbons (Fsp3) is 0.923. The molecule has 1 heterocycles. The van der Waals surface area contributed by atoms with Gasteiger partial charge in [0.2, 0.25) is 0 Å². The van der Waals surface area contributed by atoms with Crippen LogP contribution in [0, 0.1) is 0 Å². The van der Waals surface area contributed by atoms with Crippen LogP contribution in [0.3, 0.4) is 0 Å². The molecule has 1 aliphatic heterocycles. The van der Waals surface area contributed by atoms with Gasteiger partial charge in [0, 0.05) is 23.5 Å². The van der Waals surface area contributed by atoms with Gasteiger partial charge in [0.1, 0.15) is 0 Å². The van der Waals surface area contributed by atoms with E-state index in [9.17, 15) is 4.79 Å². The minimum Gasteiger partial charge on any atom is -0.481 e. The summed E-state index contributed by atoms with van der Waals surface area (Å²) in [5.41, 5.74) is 0.290. The van der Waals surface area contributed by atoms with Crippen LogP contribution in [-0.2, 0) is 4.79 Å². The summed E-state index contributed by atoms with van der Waals surface area (Å²) >= 11 is 0. The number of nitrogens with one attached hydrogen (secondary N) is 2. The molecule has 0 bridgehead atoms. The van der Waals surface area contributed by atoms with Gasteiger partial charge in [-0.25, -0.2) is 0 Å². The summed E-state index contributed by atoms with van der Waals surface area (Å²) in [5, 5.41) is 15.7. The standard InChI is InChI=1S/C13H26N2O2/c1-12(2)8-10(9-13(3,4)15-12)14-7-5-6-11(16)17/h10,14-15H,5-9H2,1-4H3,(H,16,17). The summed E-state index contributed by atoms with van der Waals surface area (Å²) in [7, 11) is 0. The number of carboxylic acid groups (broad SMARTS) is 1. The van der Waals surface area contributed by atoms with Gasteiger partial charge in [-0.3, -0.25) is 4.79 Å². The van der Waals surface area contributed by atoms with Crippen LogP contribution >= 0.6 is 0 Å². The fourth-order valence-electron chi connectivity index (χ4n) is 3.01. The van der Waals surface area contributed by atoms with Gasteiger partial charge in [0.25, 0.3) is 0 Å². The Morgan fingerprint density at radius 1 is 1.29 bits per heavy atom. The van der Waals surface area contributed by atoms with Crippen molar-refractivity contribution >= 4 is 5.97 Å². The quantitative estimate of drug-likeness (QED) is 0.643. The van der Waals surface area contributed by atoms with E-state index in [2.05, 4.69) is 38.3 Å². The van der Waals surface area contributed by atoms with Crippen molar-refractivity contribution in [3.05, 3.63) is 0 Å². The first-order valence-electron chi connectivity index (χ1n) is 6.45. The second-order valence-electron chi connectivity index (χ2n) is 6.45. The van der Waals surface area contributed by atoms with E-state index in [1.54, 1.807) is 0 Å². The van der Waals surface area contributed by atoms with Gasteiger partial charge in [0.05, 0.1) is 0 Å². The molecule has 17 heavy (non-hydrogen) atoms. The Labute approximate surface area is 104 Å². The van der Waals surface area contributed by atoms with Gasteiger partial charge in [-0.15, -0.1) is 0 Å². The number of piperidine rings is 1. The summed E-state index contributed by atoms with van der Waals surface area (Å²) in [5.74, 6) is -0.710. The first kappa shape index (κ1) is 14.5. The van der Waals surface area contributed by atoms with E-state index < -0.39 is 5.97 Å². The molecule has 4 heteroatoms. The summed E-state index contributed by atoms with van der Waals surface area (Å²) in [6.07, 6.45) is 3.14. The Morgan fingerprint density at radius 3 is 2.29 bits per heavy atom. The lowest BCUT2D eigenvalue weighted by Gasteiger charge is -2.46. The van der Waals surface area contributed by atoms with E-state index in [1.807, 2.05) is 0 Å². The average molecular weight is 242 g/mol. The summed E-state index contributed by atoms with van der Waals surface area (Å²) in [6.45, 7) is 9.68. The largest absolute Gasteiger partial charge is 0.481 e. The zero-order valence-electron chi connectivity index (χ0n) is 11.5.